The van der Waals surface area contributed by atoms with E-state index in [1.165, 1.54) is 12.1 Å². The number of nitrogens with two attached hydrogens (primary N) is 1. The average Bonchev–Trinajstić information content (AvgIpc) is 2.27. The van der Waals surface area contributed by atoms with Crippen molar-refractivity contribution in [1.82, 2.24) is 0 Å². The topological polar surface area (TPSA) is 35.2 Å². The molecule has 2 aromatic carbocycles. The largest absolute Gasteiger partial charge is 0.486 e. The van der Waals surface area contributed by atoms with Gasteiger partial charge < -0.3 is 10.5 Å². The zero-order valence-electron chi connectivity index (χ0n) is 9.86. The van der Waals surface area contributed by atoms with Gasteiger partial charge in [-0.25, -0.2) is 4.39 Å². The van der Waals surface area contributed by atoms with Crippen LogP contribution in [0.25, 0.3) is 0 Å². The van der Waals surface area contributed by atoms with Crippen LogP contribution in [0.4, 0.5) is 10.1 Å². The summed E-state index contributed by atoms with van der Waals surface area (Å²) in [5, 5.41) is 0. The van der Waals surface area contributed by atoms with Gasteiger partial charge in [0.25, 0.3) is 0 Å². The molecule has 2 rings (SSSR count). The van der Waals surface area contributed by atoms with Gasteiger partial charge in [0.05, 0.1) is 0 Å². The fourth-order valence-electron chi connectivity index (χ4n) is 1.68. The monoisotopic (exact) mass is 309 g/mol. The summed E-state index contributed by atoms with van der Waals surface area (Å²) in [5.74, 6) is 0.149. The first-order valence-corrected chi connectivity index (χ1v) is 6.32. The third-order valence-electron chi connectivity index (χ3n) is 2.53. The number of hydrogen-bond donors (Lipinski definition) is 1. The van der Waals surface area contributed by atoms with Crippen LogP contribution < -0.4 is 10.5 Å². The number of rotatable bonds is 3. The third-order valence-corrected chi connectivity index (χ3v) is 2.99. The number of ether oxygens (including phenoxy) is 1. The molecule has 0 spiro atoms. The Morgan fingerprint density at radius 1 is 1.22 bits per heavy atom. The molecular formula is C14H13BrFNO. The van der Waals surface area contributed by atoms with Gasteiger partial charge in [-0.15, -0.1) is 0 Å². The predicted octanol–water partition coefficient (Wildman–Crippen LogP) is 4.31. The molecule has 0 saturated carbocycles. The molecule has 0 aliphatic heterocycles. The van der Waals surface area contributed by atoms with E-state index < -0.39 is 0 Å². The molecule has 94 valence electrons. The van der Waals surface area contributed by atoms with E-state index in [2.05, 4.69) is 15.9 Å². The Morgan fingerprint density at radius 3 is 2.67 bits per heavy atom. The summed E-state index contributed by atoms with van der Waals surface area (Å²) < 4.78 is 19.6. The van der Waals surface area contributed by atoms with Gasteiger partial charge in [0.1, 0.15) is 17.7 Å². The Hall–Kier alpha value is -1.55. The van der Waals surface area contributed by atoms with E-state index in [0.717, 1.165) is 5.56 Å². The van der Waals surface area contributed by atoms with Crippen molar-refractivity contribution in [3.63, 3.8) is 0 Å². The summed E-state index contributed by atoms with van der Waals surface area (Å²) in [7, 11) is 0. The van der Waals surface area contributed by atoms with Crippen molar-refractivity contribution >= 4 is 21.6 Å². The summed E-state index contributed by atoms with van der Waals surface area (Å²) in [6, 6.07) is 11.9. The second kappa shape index (κ2) is 5.40. The summed E-state index contributed by atoms with van der Waals surface area (Å²) in [6.45, 7) is 1.90. The SMILES string of the molecule is CC(Oc1cc(F)cc(Br)c1)c1cccc(N)c1. The Morgan fingerprint density at radius 2 is 2.00 bits per heavy atom. The first-order chi connectivity index (χ1) is 8.54. The van der Waals surface area contributed by atoms with Crippen molar-refractivity contribution in [3.8, 4) is 5.75 Å². The highest BCUT2D eigenvalue weighted by atomic mass is 79.9. The molecule has 2 aromatic rings. The third kappa shape index (κ3) is 3.23. The minimum atomic E-state index is -0.334. The Labute approximate surface area is 114 Å². The molecule has 0 aliphatic carbocycles. The van der Waals surface area contributed by atoms with Crippen molar-refractivity contribution in [1.29, 1.82) is 0 Å². The molecule has 0 saturated heterocycles. The molecule has 18 heavy (non-hydrogen) atoms. The van der Waals surface area contributed by atoms with Crippen molar-refractivity contribution in [2.45, 2.75) is 13.0 Å². The zero-order valence-corrected chi connectivity index (χ0v) is 11.4. The Kier molecular flexibility index (Phi) is 3.87. The highest BCUT2D eigenvalue weighted by Crippen LogP contribution is 2.26. The van der Waals surface area contributed by atoms with Gasteiger partial charge in [-0.3, -0.25) is 0 Å². The molecule has 2 N–H and O–H groups in total. The smallest absolute Gasteiger partial charge is 0.128 e. The lowest BCUT2D eigenvalue weighted by atomic mass is 10.1. The van der Waals surface area contributed by atoms with E-state index in [-0.39, 0.29) is 11.9 Å². The molecule has 0 amide bonds. The lowest BCUT2D eigenvalue weighted by Gasteiger charge is -2.15. The highest BCUT2D eigenvalue weighted by Gasteiger charge is 2.09. The first-order valence-electron chi connectivity index (χ1n) is 5.53. The molecule has 0 aliphatic rings. The summed E-state index contributed by atoms with van der Waals surface area (Å²) in [6.07, 6.45) is -0.192. The van der Waals surface area contributed by atoms with Gasteiger partial charge in [0, 0.05) is 16.2 Å². The van der Waals surface area contributed by atoms with Gasteiger partial charge in [0.15, 0.2) is 0 Å². The fourth-order valence-corrected chi connectivity index (χ4v) is 2.12. The second-order valence-electron chi connectivity index (χ2n) is 4.04. The number of nitrogen functional groups attached to an aromatic ring is 1. The molecule has 1 atom stereocenters. The van der Waals surface area contributed by atoms with Crippen molar-refractivity contribution < 1.29 is 9.13 Å². The van der Waals surface area contributed by atoms with Crippen LogP contribution in [0.15, 0.2) is 46.9 Å². The fraction of sp³-hybridized carbons (Fsp3) is 0.143. The first kappa shape index (κ1) is 12.9. The van der Waals surface area contributed by atoms with Gasteiger partial charge in [0.2, 0.25) is 0 Å². The van der Waals surface area contributed by atoms with Crippen LogP contribution in [0.1, 0.15) is 18.6 Å². The van der Waals surface area contributed by atoms with Crippen molar-refractivity contribution in [2.75, 3.05) is 5.73 Å². The van der Waals surface area contributed by atoms with Crippen LogP contribution in [0.5, 0.6) is 5.75 Å². The minimum Gasteiger partial charge on any atom is -0.486 e. The number of anilines is 1. The van der Waals surface area contributed by atoms with E-state index in [4.69, 9.17) is 10.5 Å². The Balaban J connectivity index is 2.18. The molecule has 4 heteroatoms. The minimum absolute atomic E-state index is 0.192. The van der Waals surface area contributed by atoms with E-state index in [1.807, 2.05) is 31.2 Å². The molecule has 0 heterocycles. The molecular weight excluding hydrogens is 297 g/mol. The van der Waals surface area contributed by atoms with Gasteiger partial charge in [-0.1, -0.05) is 28.1 Å². The summed E-state index contributed by atoms with van der Waals surface area (Å²) >= 11 is 3.23. The standard InChI is InChI=1S/C14H13BrFNO/c1-9(10-3-2-4-13(17)5-10)18-14-7-11(15)6-12(16)8-14/h2-9H,17H2,1H3. The molecule has 2 nitrogen and oxygen atoms in total. The maximum atomic E-state index is 13.2. The van der Waals surface area contributed by atoms with Gasteiger partial charge >= 0.3 is 0 Å². The van der Waals surface area contributed by atoms with Crippen LogP contribution in [0.2, 0.25) is 0 Å². The van der Waals surface area contributed by atoms with Crippen molar-refractivity contribution in [3.05, 3.63) is 58.3 Å². The van der Waals surface area contributed by atoms with E-state index in [0.29, 0.717) is 15.9 Å². The normalized spacial score (nSPS) is 12.2. The van der Waals surface area contributed by atoms with Crippen LogP contribution in [0, 0.1) is 5.82 Å². The van der Waals surface area contributed by atoms with Gasteiger partial charge in [-0.2, -0.15) is 0 Å². The lowest BCUT2D eigenvalue weighted by molar-refractivity contribution is 0.226. The summed E-state index contributed by atoms with van der Waals surface area (Å²) in [4.78, 5) is 0. The van der Waals surface area contributed by atoms with E-state index in [1.54, 1.807) is 6.07 Å². The van der Waals surface area contributed by atoms with Crippen LogP contribution >= 0.6 is 15.9 Å². The predicted molar refractivity (Wildman–Crippen MR) is 74.0 cm³/mol. The quantitative estimate of drug-likeness (QED) is 0.857. The van der Waals surface area contributed by atoms with E-state index >= 15 is 0 Å². The lowest BCUT2D eigenvalue weighted by Crippen LogP contribution is -2.03. The second-order valence-corrected chi connectivity index (χ2v) is 4.95. The average molecular weight is 310 g/mol. The van der Waals surface area contributed by atoms with Crippen LogP contribution in [0.3, 0.4) is 0 Å². The molecule has 0 bridgehead atoms. The maximum Gasteiger partial charge on any atom is 0.128 e. The van der Waals surface area contributed by atoms with E-state index in [9.17, 15) is 4.39 Å². The van der Waals surface area contributed by atoms with Crippen molar-refractivity contribution in [2.24, 2.45) is 0 Å². The maximum absolute atomic E-state index is 13.2. The van der Waals surface area contributed by atoms with Gasteiger partial charge in [-0.05, 0) is 36.8 Å². The number of halogens is 2. The highest BCUT2D eigenvalue weighted by molar-refractivity contribution is 9.10. The molecule has 1 unspecified atom stereocenters. The zero-order chi connectivity index (χ0) is 13.1. The molecule has 0 fully saturated rings. The Bertz CT molecular complexity index is 539. The molecule has 0 aromatic heterocycles. The molecule has 0 radical (unpaired) electrons. The van der Waals surface area contributed by atoms with Crippen LogP contribution in [-0.4, -0.2) is 0 Å². The van der Waals surface area contributed by atoms with Crippen LogP contribution in [-0.2, 0) is 0 Å². The number of benzene rings is 2. The summed E-state index contributed by atoms with van der Waals surface area (Å²) in [5.41, 5.74) is 7.35. The number of hydrogen-bond acceptors (Lipinski definition) is 2.